The van der Waals surface area contributed by atoms with Crippen molar-refractivity contribution in [3.63, 3.8) is 0 Å². The SMILES string of the molecule is CCC(C)c1ccc(C(NC(=O)CCCN2C(=O)CN(C)C2=O)C(C)C)cc1. The monoisotopic (exact) mass is 387 g/mol. The predicted molar refractivity (Wildman–Crippen MR) is 110 cm³/mol. The van der Waals surface area contributed by atoms with Crippen LogP contribution in [0.25, 0.3) is 0 Å². The van der Waals surface area contributed by atoms with Gasteiger partial charge in [-0.2, -0.15) is 0 Å². The Bertz CT molecular complexity index is 699. The third-order valence-corrected chi connectivity index (χ3v) is 5.48. The highest BCUT2D eigenvalue weighted by Crippen LogP contribution is 2.25. The summed E-state index contributed by atoms with van der Waals surface area (Å²) in [7, 11) is 1.60. The lowest BCUT2D eigenvalue weighted by Crippen LogP contribution is -2.34. The van der Waals surface area contributed by atoms with Gasteiger partial charge in [-0.05, 0) is 35.8 Å². The summed E-state index contributed by atoms with van der Waals surface area (Å²) in [6.45, 7) is 8.97. The summed E-state index contributed by atoms with van der Waals surface area (Å²) in [6.07, 6.45) is 1.85. The van der Waals surface area contributed by atoms with Gasteiger partial charge in [-0.25, -0.2) is 4.79 Å². The predicted octanol–water partition coefficient (Wildman–Crippen LogP) is 3.69. The molecule has 154 valence electrons. The number of nitrogens with one attached hydrogen (secondary N) is 1. The first-order valence-electron chi connectivity index (χ1n) is 10.2. The second-order valence-electron chi connectivity index (χ2n) is 8.05. The van der Waals surface area contributed by atoms with E-state index in [4.69, 9.17) is 0 Å². The number of amides is 4. The summed E-state index contributed by atoms with van der Waals surface area (Å²) in [5, 5.41) is 3.11. The molecule has 0 bridgehead atoms. The standard InChI is InChI=1S/C22H33N3O3/c1-6-16(4)17-9-11-18(12-10-17)21(15(2)3)23-19(26)8-7-13-25-20(27)14-24(5)22(25)28/h9-12,15-16,21H,6-8,13-14H2,1-5H3,(H,23,26). The molecule has 28 heavy (non-hydrogen) atoms. The average molecular weight is 388 g/mol. The molecule has 2 atom stereocenters. The van der Waals surface area contributed by atoms with Crippen LogP contribution in [0.5, 0.6) is 0 Å². The van der Waals surface area contributed by atoms with Crippen molar-refractivity contribution >= 4 is 17.8 Å². The molecule has 6 nitrogen and oxygen atoms in total. The number of rotatable bonds is 9. The van der Waals surface area contributed by atoms with Gasteiger partial charge in [0.1, 0.15) is 6.54 Å². The third-order valence-electron chi connectivity index (χ3n) is 5.48. The van der Waals surface area contributed by atoms with E-state index in [-0.39, 0.29) is 49.3 Å². The summed E-state index contributed by atoms with van der Waals surface area (Å²) < 4.78 is 0. The Morgan fingerprint density at radius 2 is 1.71 bits per heavy atom. The maximum absolute atomic E-state index is 12.4. The highest BCUT2D eigenvalue weighted by atomic mass is 16.2. The van der Waals surface area contributed by atoms with Crippen LogP contribution < -0.4 is 5.32 Å². The quantitative estimate of drug-likeness (QED) is 0.657. The number of nitrogens with zero attached hydrogens (tertiary/aromatic N) is 2. The maximum atomic E-state index is 12.4. The van der Waals surface area contributed by atoms with Gasteiger partial charge in [0.05, 0.1) is 6.04 Å². The summed E-state index contributed by atoms with van der Waals surface area (Å²) in [4.78, 5) is 38.7. The zero-order valence-electron chi connectivity index (χ0n) is 17.7. The Hall–Kier alpha value is -2.37. The first-order chi connectivity index (χ1) is 13.2. The second-order valence-corrected chi connectivity index (χ2v) is 8.05. The van der Waals surface area contributed by atoms with Crippen molar-refractivity contribution in [1.29, 1.82) is 0 Å². The number of carbonyl (C=O) groups excluding carboxylic acids is 3. The first kappa shape index (κ1) is 21.9. The zero-order valence-corrected chi connectivity index (χ0v) is 17.7. The number of urea groups is 1. The number of likely N-dealkylation sites (N-methyl/N-ethyl adjacent to an activating group) is 1. The van der Waals surface area contributed by atoms with Crippen molar-refractivity contribution in [3.8, 4) is 0 Å². The maximum Gasteiger partial charge on any atom is 0.326 e. The number of carbonyl (C=O) groups is 3. The molecule has 6 heteroatoms. The van der Waals surface area contributed by atoms with Gasteiger partial charge in [-0.15, -0.1) is 0 Å². The van der Waals surface area contributed by atoms with Crippen LogP contribution in [-0.2, 0) is 9.59 Å². The Morgan fingerprint density at radius 1 is 1.11 bits per heavy atom. The molecule has 4 amide bonds. The molecule has 0 aliphatic carbocycles. The number of hydrogen-bond donors (Lipinski definition) is 1. The van der Waals surface area contributed by atoms with Gasteiger partial charge in [0.25, 0.3) is 0 Å². The number of imide groups is 1. The van der Waals surface area contributed by atoms with Gasteiger partial charge in [0.2, 0.25) is 11.8 Å². The van der Waals surface area contributed by atoms with Gasteiger partial charge in [-0.3, -0.25) is 14.5 Å². The minimum absolute atomic E-state index is 0.0559. The van der Waals surface area contributed by atoms with Gasteiger partial charge in [0, 0.05) is 20.0 Å². The molecule has 1 N–H and O–H groups in total. The molecule has 1 fully saturated rings. The molecule has 1 aromatic carbocycles. The molecule has 2 unspecified atom stereocenters. The van der Waals surface area contributed by atoms with E-state index in [2.05, 4.69) is 57.3 Å². The zero-order chi connectivity index (χ0) is 20.8. The molecular weight excluding hydrogens is 354 g/mol. The fourth-order valence-electron chi connectivity index (χ4n) is 3.43. The van der Waals surface area contributed by atoms with E-state index >= 15 is 0 Å². The van der Waals surface area contributed by atoms with Crippen molar-refractivity contribution in [3.05, 3.63) is 35.4 Å². The molecule has 1 aliphatic rings. The van der Waals surface area contributed by atoms with Gasteiger partial charge < -0.3 is 10.2 Å². The molecule has 0 saturated carbocycles. The van der Waals surface area contributed by atoms with E-state index in [9.17, 15) is 14.4 Å². The van der Waals surface area contributed by atoms with Crippen LogP contribution in [0, 0.1) is 5.92 Å². The van der Waals surface area contributed by atoms with Crippen LogP contribution >= 0.6 is 0 Å². The summed E-state index contributed by atoms with van der Waals surface area (Å²) in [5.74, 6) is 0.525. The lowest BCUT2D eigenvalue weighted by molar-refractivity contribution is -0.126. The van der Waals surface area contributed by atoms with Crippen molar-refractivity contribution < 1.29 is 14.4 Å². The summed E-state index contributed by atoms with van der Waals surface area (Å²) >= 11 is 0. The molecule has 2 rings (SSSR count). The second kappa shape index (κ2) is 9.71. The fourth-order valence-corrected chi connectivity index (χ4v) is 3.43. The first-order valence-corrected chi connectivity index (χ1v) is 10.2. The summed E-state index contributed by atoms with van der Waals surface area (Å²) in [6, 6.07) is 8.15. The van der Waals surface area contributed by atoms with Crippen LogP contribution in [0.3, 0.4) is 0 Å². The largest absolute Gasteiger partial charge is 0.349 e. The Labute approximate surface area is 168 Å². The molecule has 0 spiro atoms. The highest BCUT2D eigenvalue weighted by Gasteiger charge is 2.33. The van der Waals surface area contributed by atoms with Crippen molar-refractivity contribution in [2.75, 3.05) is 20.1 Å². The Balaban J connectivity index is 1.90. The Morgan fingerprint density at radius 3 is 2.21 bits per heavy atom. The lowest BCUT2D eigenvalue weighted by atomic mass is 9.92. The van der Waals surface area contributed by atoms with Crippen molar-refractivity contribution in [2.24, 2.45) is 5.92 Å². The van der Waals surface area contributed by atoms with Crippen LogP contribution in [-0.4, -0.2) is 47.8 Å². The molecule has 1 heterocycles. The highest BCUT2D eigenvalue weighted by molar-refractivity contribution is 6.01. The minimum atomic E-state index is -0.285. The smallest absolute Gasteiger partial charge is 0.326 e. The average Bonchev–Trinajstić information content (AvgIpc) is 2.91. The van der Waals surface area contributed by atoms with Crippen LogP contribution in [0.15, 0.2) is 24.3 Å². The van der Waals surface area contributed by atoms with E-state index in [1.54, 1.807) is 7.05 Å². The molecular formula is C22H33N3O3. The van der Waals surface area contributed by atoms with Crippen molar-refractivity contribution in [2.45, 2.75) is 58.9 Å². The number of benzene rings is 1. The third kappa shape index (κ3) is 5.33. The van der Waals surface area contributed by atoms with E-state index < -0.39 is 0 Å². The minimum Gasteiger partial charge on any atom is -0.349 e. The normalized spacial score (nSPS) is 16.6. The lowest BCUT2D eigenvalue weighted by Gasteiger charge is -2.24. The van der Waals surface area contributed by atoms with Gasteiger partial charge in [0.15, 0.2) is 0 Å². The molecule has 1 saturated heterocycles. The van der Waals surface area contributed by atoms with Gasteiger partial charge in [-0.1, -0.05) is 52.0 Å². The van der Waals surface area contributed by atoms with Crippen molar-refractivity contribution in [1.82, 2.24) is 15.1 Å². The van der Waals surface area contributed by atoms with Crippen LogP contribution in [0.2, 0.25) is 0 Å². The molecule has 0 radical (unpaired) electrons. The molecule has 1 aromatic rings. The Kier molecular flexibility index (Phi) is 7.61. The van der Waals surface area contributed by atoms with Crippen LogP contribution in [0.4, 0.5) is 4.79 Å². The van der Waals surface area contributed by atoms with E-state index in [1.165, 1.54) is 15.4 Å². The van der Waals surface area contributed by atoms with E-state index in [1.807, 2.05) is 0 Å². The van der Waals surface area contributed by atoms with E-state index in [0.717, 1.165) is 12.0 Å². The van der Waals surface area contributed by atoms with Crippen LogP contribution in [0.1, 0.15) is 70.0 Å². The summed E-state index contributed by atoms with van der Waals surface area (Å²) in [5.41, 5.74) is 2.41. The molecule has 1 aliphatic heterocycles. The number of hydrogen-bond acceptors (Lipinski definition) is 3. The van der Waals surface area contributed by atoms with E-state index in [0.29, 0.717) is 12.3 Å². The molecule has 0 aromatic heterocycles. The fraction of sp³-hybridized carbons (Fsp3) is 0.591. The topological polar surface area (TPSA) is 69.7 Å². The van der Waals surface area contributed by atoms with Gasteiger partial charge >= 0.3 is 6.03 Å².